The molecule has 2 rings (SSSR count). The Kier molecular flexibility index (Phi) is 1.63. The Labute approximate surface area is 74.9 Å². The summed E-state index contributed by atoms with van der Waals surface area (Å²) in [7, 11) is 0. The number of hydrogen-bond donors (Lipinski definition) is 0. The van der Waals surface area contributed by atoms with Crippen LogP contribution < -0.4 is 0 Å². The third-order valence-electron chi connectivity index (χ3n) is 1.83. The predicted molar refractivity (Wildman–Crippen MR) is 50.3 cm³/mol. The van der Waals surface area contributed by atoms with Crippen LogP contribution in [0.4, 0.5) is 0 Å². The summed E-state index contributed by atoms with van der Waals surface area (Å²) in [5, 5.41) is 2.02. The quantitative estimate of drug-likeness (QED) is 0.606. The standard InChI is InChI=1S/C9H8N2S/c1-3-4-8-7(2)10-9-11(8)5-6-12-9/h1,5-6H,4H2,2H3. The average molecular weight is 176 g/mol. The SMILES string of the molecule is C#CCc1c(C)nc2sccn12. The monoisotopic (exact) mass is 176 g/mol. The van der Waals surface area contributed by atoms with Crippen LogP contribution in [0.5, 0.6) is 0 Å². The van der Waals surface area contributed by atoms with Gasteiger partial charge in [-0.1, -0.05) is 0 Å². The molecule has 60 valence electrons. The van der Waals surface area contributed by atoms with Crippen LogP contribution in [0.1, 0.15) is 11.4 Å². The number of nitrogens with zero attached hydrogens (tertiary/aromatic N) is 2. The highest BCUT2D eigenvalue weighted by Crippen LogP contribution is 2.16. The molecule has 0 radical (unpaired) electrons. The molecule has 2 nitrogen and oxygen atoms in total. The fraction of sp³-hybridized carbons (Fsp3) is 0.222. The molecule has 0 aliphatic carbocycles. The molecule has 0 fully saturated rings. The minimum Gasteiger partial charge on any atom is -0.293 e. The fourth-order valence-corrected chi connectivity index (χ4v) is 2.03. The van der Waals surface area contributed by atoms with Crippen molar-refractivity contribution in [3.05, 3.63) is 23.0 Å². The van der Waals surface area contributed by atoms with Gasteiger partial charge < -0.3 is 0 Å². The highest BCUT2D eigenvalue weighted by molar-refractivity contribution is 7.15. The Morgan fingerprint density at radius 3 is 3.33 bits per heavy atom. The molecule has 12 heavy (non-hydrogen) atoms. The van der Waals surface area contributed by atoms with E-state index in [1.807, 2.05) is 18.5 Å². The van der Waals surface area contributed by atoms with Crippen LogP contribution in [0.2, 0.25) is 0 Å². The lowest BCUT2D eigenvalue weighted by atomic mass is 10.3. The van der Waals surface area contributed by atoms with Gasteiger partial charge in [0.2, 0.25) is 0 Å². The summed E-state index contributed by atoms with van der Waals surface area (Å²) in [4.78, 5) is 5.40. The predicted octanol–water partition coefficient (Wildman–Crippen LogP) is 1.88. The van der Waals surface area contributed by atoms with Crippen LogP contribution in [0.15, 0.2) is 11.6 Å². The molecular weight excluding hydrogens is 168 g/mol. The van der Waals surface area contributed by atoms with Crippen molar-refractivity contribution >= 4 is 16.3 Å². The van der Waals surface area contributed by atoms with E-state index in [0.717, 1.165) is 16.3 Å². The maximum Gasteiger partial charge on any atom is 0.194 e. The topological polar surface area (TPSA) is 17.3 Å². The summed E-state index contributed by atoms with van der Waals surface area (Å²) in [5.41, 5.74) is 2.17. The molecule has 0 atom stereocenters. The van der Waals surface area contributed by atoms with E-state index in [1.54, 1.807) is 11.3 Å². The van der Waals surface area contributed by atoms with Gasteiger partial charge in [-0.05, 0) is 6.92 Å². The van der Waals surface area contributed by atoms with Crippen molar-refractivity contribution < 1.29 is 0 Å². The van der Waals surface area contributed by atoms with Gasteiger partial charge in [-0.25, -0.2) is 4.98 Å². The first-order valence-corrected chi connectivity index (χ1v) is 4.55. The number of imidazole rings is 1. The normalized spacial score (nSPS) is 10.3. The fourth-order valence-electron chi connectivity index (χ4n) is 1.25. The van der Waals surface area contributed by atoms with Crippen molar-refractivity contribution in [2.24, 2.45) is 0 Å². The summed E-state index contributed by atoms with van der Waals surface area (Å²) in [6.07, 6.45) is 7.92. The Morgan fingerprint density at radius 2 is 2.58 bits per heavy atom. The van der Waals surface area contributed by atoms with Gasteiger partial charge in [-0.2, -0.15) is 0 Å². The summed E-state index contributed by atoms with van der Waals surface area (Å²) >= 11 is 1.63. The lowest BCUT2D eigenvalue weighted by Gasteiger charge is -1.92. The van der Waals surface area contributed by atoms with Crippen molar-refractivity contribution in [3.8, 4) is 12.3 Å². The van der Waals surface area contributed by atoms with Crippen LogP contribution in [-0.4, -0.2) is 9.38 Å². The van der Waals surface area contributed by atoms with Crippen LogP contribution >= 0.6 is 11.3 Å². The average Bonchev–Trinajstić information content (AvgIpc) is 2.56. The zero-order chi connectivity index (χ0) is 8.55. The molecule has 0 aliphatic rings. The highest BCUT2D eigenvalue weighted by Gasteiger charge is 2.06. The first-order valence-electron chi connectivity index (χ1n) is 3.67. The van der Waals surface area contributed by atoms with E-state index in [1.165, 1.54) is 0 Å². The molecule has 0 bridgehead atoms. The summed E-state index contributed by atoms with van der Waals surface area (Å²) in [6.45, 7) is 1.99. The van der Waals surface area contributed by atoms with E-state index < -0.39 is 0 Å². The van der Waals surface area contributed by atoms with Crippen molar-refractivity contribution in [2.75, 3.05) is 0 Å². The number of rotatable bonds is 1. The first kappa shape index (κ1) is 7.38. The molecule has 0 N–H and O–H groups in total. The number of aryl methyl sites for hydroxylation is 1. The summed E-state index contributed by atoms with van der Waals surface area (Å²) in [6, 6.07) is 0. The highest BCUT2D eigenvalue weighted by atomic mass is 32.1. The Bertz CT molecular complexity index is 444. The summed E-state index contributed by atoms with van der Waals surface area (Å²) < 4.78 is 2.06. The van der Waals surface area contributed by atoms with Crippen molar-refractivity contribution in [1.29, 1.82) is 0 Å². The number of terminal acetylenes is 1. The maximum absolute atomic E-state index is 5.26. The number of fused-ring (bicyclic) bond motifs is 1. The van der Waals surface area contributed by atoms with Gasteiger partial charge in [0, 0.05) is 11.6 Å². The molecule has 2 heterocycles. The minimum absolute atomic E-state index is 0.656. The van der Waals surface area contributed by atoms with E-state index in [-0.39, 0.29) is 0 Å². The number of hydrogen-bond acceptors (Lipinski definition) is 2. The maximum atomic E-state index is 5.26. The zero-order valence-electron chi connectivity index (χ0n) is 6.74. The van der Waals surface area contributed by atoms with Crippen molar-refractivity contribution in [1.82, 2.24) is 9.38 Å². The molecule has 2 aromatic heterocycles. The van der Waals surface area contributed by atoms with E-state index in [2.05, 4.69) is 15.3 Å². The van der Waals surface area contributed by atoms with E-state index in [4.69, 9.17) is 6.42 Å². The number of thiazole rings is 1. The molecular formula is C9H8N2S. The van der Waals surface area contributed by atoms with Crippen LogP contribution in [0, 0.1) is 19.3 Å². The smallest absolute Gasteiger partial charge is 0.194 e. The van der Waals surface area contributed by atoms with Crippen molar-refractivity contribution in [2.45, 2.75) is 13.3 Å². The lowest BCUT2D eigenvalue weighted by Crippen LogP contribution is -1.89. The van der Waals surface area contributed by atoms with Gasteiger partial charge >= 0.3 is 0 Å². The second-order valence-electron chi connectivity index (χ2n) is 2.58. The molecule has 0 saturated carbocycles. The molecule has 2 aromatic rings. The van der Waals surface area contributed by atoms with Gasteiger partial charge in [0.15, 0.2) is 4.96 Å². The second-order valence-corrected chi connectivity index (χ2v) is 3.45. The van der Waals surface area contributed by atoms with E-state index >= 15 is 0 Å². The Morgan fingerprint density at radius 1 is 1.75 bits per heavy atom. The third-order valence-corrected chi connectivity index (χ3v) is 2.59. The van der Waals surface area contributed by atoms with Crippen LogP contribution in [-0.2, 0) is 6.42 Å². The van der Waals surface area contributed by atoms with Crippen LogP contribution in [0.25, 0.3) is 4.96 Å². The Balaban J connectivity index is 2.69. The molecule has 0 spiro atoms. The molecule has 3 heteroatoms. The van der Waals surface area contributed by atoms with Gasteiger partial charge in [0.25, 0.3) is 0 Å². The van der Waals surface area contributed by atoms with Gasteiger partial charge in [0.05, 0.1) is 17.8 Å². The van der Waals surface area contributed by atoms with Crippen LogP contribution in [0.3, 0.4) is 0 Å². The molecule has 0 aromatic carbocycles. The van der Waals surface area contributed by atoms with E-state index in [0.29, 0.717) is 6.42 Å². The lowest BCUT2D eigenvalue weighted by molar-refractivity contribution is 1.06. The first-order chi connectivity index (χ1) is 5.83. The number of aromatic nitrogens is 2. The van der Waals surface area contributed by atoms with E-state index in [9.17, 15) is 0 Å². The molecule has 0 amide bonds. The Hall–Kier alpha value is -1.27. The van der Waals surface area contributed by atoms with Crippen molar-refractivity contribution in [3.63, 3.8) is 0 Å². The zero-order valence-corrected chi connectivity index (χ0v) is 7.56. The van der Waals surface area contributed by atoms with Gasteiger partial charge in [0.1, 0.15) is 0 Å². The van der Waals surface area contributed by atoms with Gasteiger partial charge in [-0.3, -0.25) is 4.40 Å². The minimum atomic E-state index is 0.656. The van der Waals surface area contributed by atoms with Gasteiger partial charge in [-0.15, -0.1) is 23.7 Å². The largest absolute Gasteiger partial charge is 0.293 e. The molecule has 0 aliphatic heterocycles. The molecule has 0 saturated heterocycles. The third kappa shape index (κ3) is 0.926. The summed E-state index contributed by atoms with van der Waals surface area (Å²) in [5.74, 6) is 2.64. The second kappa shape index (κ2) is 2.65. The molecule has 0 unspecified atom stereocenters.